The maximum Gasteiger partial charge on any atom is 0.286 e. The Kier molecular flexibility index (Phi) is 2.34. The molecule has 0 aliphatic rings. The van der Waals surface area contributed by atoms with Crippen LogP contribution in [0, 0.1) is 0 Å². The van der Waals surface area contributed by atoms with E-state index in [1.807, 2.05) is 0 Å². The van der Waals surface area contributed by atoms with Gasteiger partial charge in [0.2, 0.25) is 0 Å². The first-order valence-electron chi connectivity index (χ1n) is 4.46. The Bertz CT molecular complexity index is 492. The van der Waals surface area contributed by atoms with E-state index in [-0.39, 0.29) is 5.91 Å². The van der Waals surface area contributed by atoms with E-state index >= 15 is 0 Å². The Morgan fingerprint density at radius 3 is 3.07 bits per heavy atom. The van der Waals surface area contributed by atoms with Gasteiger partial charge in [0.1, 0.15) is 5.69 Å². The predicted octanol–water partition coefficient (Wildman–Crippen LogP) is -0.0643. The number of nitrogens with zero attached hydrogens (tertiary/aromatic N) is 4. The zero-order valence-corrected chi connectivity index (χ0v) is 8.51. The first kappa shape index (κ1) is 9.60. The van der Waals surface area contributed by atoms with Crippen molar-refractivity contribution < 1.29 is 4.79 Å². The molecule has 0 atom stereocenters. The van der Waals surface area contributed by atoms with E-state index in [2.05, 4.69) is 15.4 Å². The van der Waals surface area contributed by atoms with Gasteiger partial charge in [-0.2, -0.15) is 0 Å². The maximum absolute atomic E-state index is 11.8. The smallest absolute Gasteiger partial charge is 0.286 e. The van der Waals surface area contributed by atoms with Crippen LogP contribution in [0.5, 0.6) is 0 Å². The highest BCUT2D eigenvalue weighted by atomic mass is 16.2. The van der Waals surface area contributed by atoms with Crippen LogP contribution in [-0.4, -0.2) is 39.4 Å². The van der Waals surface area contributed by atoms with Crippen molar-refractivity contribution in [3.05, 3.63) is 30.5 Å². The van der Waals surface area contributed by atoms with Gasteiger partial charge in [0.05, 0.1) is 12.4 Å². The van der Waals surface area contributed by atoms with Gasteiger partial charge in [0.15, 0.2) is 5.65 Å². The Morgan fingerprint density at radius 2 is 2.33 bits per heavy atom. The number of nitrogens with one attached hydrogen (secondary N) is 1. The number of hydrazine groups is 1. The highest BCUT2D eigenvalue weighted by Gasteiger charge is 2.14. The number of imidazole rings is 1. The van der Waals surface area contributed by atoms with Gasteiger partial charge in [0.25, 0.3) is 5.91 Å². The topological polar surface area (TPSA) is 62.5 Å². The second-order valence-corrected chi connectivity index (χ2v) is 3.04. The Hall–Kier alpha value is -1.95. The zero-order valence-electron chi connectivity index (χ0n) is 8.51. The van der Waals surface area contributed by atoms with Crippen molar-refractivity contribution in [2.24, 2.45) is 0 Å². The summed E-state index contributed by atoms with van der Waals surface area (Å²) in [6.07, 6.45) is 6.47. The van der Waals surface area contributed by atoms with Gasteiger partial charge in [-0.1, -0.05) is 0 Å². The van der Waals surface area contributed by atoms with Crippen LogP contribution in [0.4, 0.5) is 0 Å². The summed E-state index contributed by atoms with van der Waals surface area (Å²) < 4.78 is 1.70. The number of carbonyl (C=O) groups is 1. The molecule has 0 saturated heterocycles. The van der Waals surface area contributed by atoms with E-state index in [0.29, 0.717) is 11.3 Å². The highest BCUT2D eigenvalue weighted by molar-refractivity contribution is 5.92. The SMILES string of the molecule is CNN(C)C(=O)c1cnc2cnccn12. The number of hydrogen-bond donors (Lipinski definition) is 1. The van der Waals surface area contributed by atoms with Crippen molar-refractivity contribution in [3.8, 4) is 0 Å². The molecule has 0 aliphatic carbocycles. The first-order valence-corrected chi connectivity index (χ1v) is 4.46. The molecule has 78 valence electrons. The lowest BCUT2D eigenvalue weighted by molar-refractivity contribution is 0.0728. The molecule has 6 heteroatoms. The molecule has 0 bridgehead atoms. The number of fused-ring (bicyclic) bond motifs is 1. The van der Waals surface area contributed by atoms with Gasteiger partial charge in [-0.05, 0) is 0 Å². The van der Waals surface area contributed by atoms with Gasteiger partial charge in [-0.3, -0.25) is 19.2 Å². The summed E-state index contributed by atoms with van der Waals surface area (Å²) in [5.41, 5.74) is 3.91. The van der Waals surface area contributed by atoms with E-state index in [4.69, 9.17) is 0 Å². The van der Waals surface area contributed by atoms with Crippen molar-refractivity contribution in [2.75, 3.05) is 14.1 Å². The fourth-order valence-electron chi connectivity index (χ4n) is 1.27. The van der Waals surface area contributed by atoms with E-state index in [1.54, 1.807) is 37.1 Å². The summed E-state index contributed by atoms with van der Waals surface area (Å²) in [7, 11) is 3.34. The molecule has 0 spiro atoms. The summed E-state index contributed by atoms with van der Waals surface area (Å²) in [5, 5.41) is 1.39. The minimum Gasteiger partial charge on any atom is -0.293 e. The average molecular weight is 205 g/mol. The normalized spacial score (nSPS) is 10.5. The quantitative estimate of drug-likeness (QED) is 0.697. The van der Waals surface area contributed by atoms with Gasteiger partial charge >= 0.3 is 0 Å². The first-order chi connectivity index (χ1) is 7.24. The van der Waals surface area contributed by atoms with Crippen LogP contribution in [0.25, 0.3) is 5.65 Å². The average Bonchev–Trinajstić information content (AvgIpc) is 2.70. The predicted molar refractivity (Wildman–Crippen MR) is 54.1 cm³/mol. The van der Waals surface area contributed by atoms with Crippen LogP contribution in [-0.2, 0) is 0 Å². The molecular formula is C9H11N5O. The summed E-state index contributed by atoms with van der Waals surface area (Å²) in [6.45, 7) is 0. The van der Waals surface area contributed by atoms with Crippen LogP contribution in [0.2, 0.25) is 0 Å². The van der Waals surface area contributed by atoms with Crippen molar-refractivity contribution in [2.45, 2.75) is 0 Å². The molecule has 0 unspecified atom stereocenters. The van der Waals surface area contributed by atoms with Crippen LogP contribution in [0.15, 0.2) is 24.8 Å². The molecule has 0 radical (unpaired) electrons. The van der Waals surface area contributed by atoms with Gasteiger partial charge in [-0.25, -0.2) is 10.4 Å². The lowest BCUT2D eigenvalue weighted by atomic mass is 10.4. The minimum atomic E-state index is -0.142. The van der Waals surface area contributed by atoms with Crippen molar-refractivity contribution >= 4 is 11.6 Å². The second-order valence-electron chi connectivity index (χ2n) is 3.04. The monoisotopic (exact) mass is 205 g/mol. The molecule has 2 aromatic heterocycles. The molecule has 15 heavy (non-hydrogen) atoms. The Balaban J connectivity index is 2.48. The lowest BCUT2D eigenvalue weighted by Crippen LogP contribution is -2.37. The number of aromatic nitrogens is 3. The second kappa shape index (κ2) is 3.66. The third kappa shape index (κ3) is 1.55. The molecular weight excluding hydrogens is 194 g/mol. The summed E-state index contributed by atoms with van der Waals surface area (Å²) in [6, 6.07) is 0. The zero-order chi connectivity index (χ0) is 10.8. The molecule has 0 saturated carbocycles. The number of rotatable bonds is 2. The minimum absolute atomic E-state index is 0.142. The number of hydrogen-bond acceptors (Lipinski definition) is 4. The summed E-state index contributed by atoms with van der Waals surface area (Å²) >= 11 is 0. The van der Waals surface area contributed by atoms with Gasteiger partial charge in [-0.15, -0.1) is 0 Å². The molecule has 2 aromatic rings. The van der Waals surface area contributed by atoms with Crippen LogP contribution >= 0.6 is 0 Å². The third-order valence-electron chi connectivity index (χ3n) is 2.18. The van der Waals surface area contributed by atoms with Crippen molar-refractivity contribution in [1.82, 2.24) is 24.8 Å². The molecule has 0 aromatic carbocycles. The summed E-state index contributed by atoms with van der Waals surface area (Å²) in [5.74, 6) is -0.142. The Morgan fingerprint density at radius 1 is 1.53 bits per heavy atom. The molecule has 6 nitrogen and oxygen atoms in total. The maximum atomic E-state index is 11.8. The third-order valence-corrected chi connectivity index (χ3v) is 2.18. The molecule has 0 aliphatic heterocycles. The van der Waals surface area contributed by atoms with E-state index < -0.39 is 0 Å². The van der Waals surface area contributed by atoms with E-state index in [1.165, 1.54) is 11.2 Å². The van der Waals surface area contributed by atoms with Crippen LogP contribution in [0.3, 0.4) is 0 Å². The molecule has 2 heterocycles. The summed E-state index contributed by atoms with van der Waals surface area (Å²) in [4.78, 5) is 19.8. The highest BCUT2D eigenvalue weighted by Crippen LogP contribution is 2.05. The fourth-order valence-corrected chi connectivity index (χ4v) is 1.27. The largest absolute Gasteiger partial charge is 0.293 e. The standard InChI is InChI=1S/C9H11N5O/c1-10-13(2)9(15)7-5-12-8-6-11-3-4-14(7)8/h3-6,10H,1-2H3. The Labute approximate surface area is 86.5 Å². The van der Waals surface area contributed by atoms with Gasteiger partial charge < -0.3 is 0 Å². The van der Waals surface area contributed by atoms with Crippen molar-refractivity contribution in [3.63, 3.8) is 0 Å². The van der Waals surface area contributed by atoms with Gasteiger partial charge in [0, 0.05) is 26.5 Å². The molecule has 1 N–H and O–H groups in total. The fraction of sp³-hybridized carbons (Fsp3) is 0.222. The van der Waals surface area contributed by atoms with Crippen LogP contribution in [0.1, 0.15) is 10.5 Å². The van der Waals surface area contributed by atoms with Crippen molar-refractivity contribution in [1.29, 1.82) is 0 Å². The number of amides is 1. The molecule has 2 rings (SSSR count). The molecule has 0 fully saturated rings. The van der Waals surface area contributed by atoms with Crippen LogP contribution < -0.4 is 5.43 Å². The number of carbonyl (C=O) groups excluding carboxylic acids is 1. The van der Waals surface area contributed by atoms with E-state index in [0.717, 1.165) is 0 Å². The molecule has 1 amide bonds. The lowest BCUT2D eigenvalue weighted by Gasteiger charge is -2.14. The van der Waals surface area contributed by atoms with E-state index in [9.17, 15) is 4.79 Å².